The number of hydrogen-bond donors (Lipinski definition) is 0. The summed E-state index contributed by atoms with van der Waals surface area (Å²) >= 11 is 0. The van der Waals surface area contributed by atoms with E-state index in [4.69, 9.17) is 0 Å². The number of anilines is 1. The average Bonchev–Trinajstić information content (AvgIpc) is 2.79. The zero-order chi connectivity index (χ0) is 20.5. The number of nitro benzene ring substituents is 1. The van der Waals surface area contributed by atoms with Crippen LogP contribution in [0.5, 0.6) is 0 Å². The van der Waals surface area contributed by atoms with Gasteiger partial charge in [0.1, 0.15) is 0 Å². The van der Waals surface area contributed by atoms with E-state index in [2.05, 4.69) is 44.0 Å². The zero-order valence-corrected chi connectivity index (χ0v) is 16.4. The number of aromatic nitrogens is 2. The van der Waals surface area contributed by atoms with Crippen molar-refractivity contribution in [2.75, 3.05) is 31.1 Å². The summed E-state index contributed by atoms with van der Waals surface area (Å²) in [6.07, 6.45) is 5.12. The van der Waals surface area contributed by atoms with Gasteiger partial charge in [0.2, 0.25) is 0 Å². The highest BCUT2D eigenvalue weighted by atomic mass is 16.6. The highest BCUT2D eigenvalue weighted by Gasteiger charge is 2.22. The van der Waals surface area contributed by atoms with Gasteiger partial charge in [-0.3, -0.25) is 25.0 Å². The molecular formula is C23H21N5O2. The predicted octanol–water partition coefficient (Wildman–Crippen LogP) is 4.01. The van der Waals surface area contributed by atoms with E-state index in [9.17, 15) is 10.1 Å². The van der Waals surface area contributed by atoms with Crippen LogP contribution in [0.1, 0.15) is 5.56 Å². The van der Waals surface area contributed by atoms with Crippen LogP contribution < -0.4 is 4.90 Å². The van der Waals surface area contributed by atoms with Gasteiger partial charge in [0.25, 0.3) is 5.69 Å². The second-order valence-electron chi connectivity index (χ2n) is 7.54. The Bertz CT molecular complexity index is 1230. The molecule has 4 aromatic rings. The summed E-state index contributed by atoms with van der Waals surface area (Å²) in [7, 11) is 0. The van der Waals surface area contributed by atoms with Crippen LogP contribution in [0.2, 0.25) is 0 Å². The predicted molar refractivity (Wildman–Crippen MR) is 118 cm³/mol. The Hall–Kier alpha value is -3.58. The third-order valence-corrected chi connectivity index (χ3v) is 5.79. The number of hydrogen-bond acceptors (Lipinski definition) is 6. The molecule has 2 aromatic carbocycles. The first-order valence-electron chi connectivity index (χ1n) is 10.0. The Kier molecular flexibility index (Phi) is 4.72. The Morgan fingerprint density at radius 2 is 1.77 bits per heavy atom. The standard InChI is InChI=1S/C23H21N5O2/c29-28(30)22-7-6-21(19-8-10-24-15-20(19)22)27-13-11-26(12-14-27)16-18-4-1-3-17-5-2-9-25-23(17)18/h1-10,15H,11-14,16H2. The second-order valence-corrected chi connectivity index (χ2v) is 7.54. The quantitative estimate of drug-likeness (QED) is 0.381. The molecule has 1 aliphatic rings. The molecule has 0 atom stereocenters. The maximum absolute atomic E-state index is 11.4. The molecule has 7 heteroatoms. The van der Waals surface area contributed by atoms with Crippen molar-refractivity contribution in [3.8, 4) is 0 Å². The number of benzene rings is 2. The maximum Gasteiger partial charge on any atom is 0.278 e. The summed E-state index contributed by atoms with van der Waals surface area (Å²) in [5, 5.41) is 14.0. The number of nitrogens with zero attached hydrogens (tertiary/aromatic N) is 5. The van der Waals surface area contributed by atoms with Crippen molar-refractivity contribution in [1.29, 1.82) is 0 Å². The molecule has 0 amide bonds. The number of para-hydroxylation sites is 1. The molecule has 3 heterocycles. The first kappa shape index (κ1) is 18.4. The van der Waals surface area contributed by atoms with Gasteiger partial charge in [-0.2, -0.15) is 0 Å². The molecule has 0 N–H and O–H groups in total. The largest absolute Gasteiger partial charge is 0.368 e. The number of pyridine rings is 2. The minimum absolute atomic E-state index is 0.101. The van der Waals surface area contributed by atoms with Gasteiger partial charge >= 0.3 is 0 Å². The SMILES string of the molecule is O=[N+]([O-])c1ccc(N2CCN(Cc3cccc4cccnc34)CC2)c2ccncc12. The molecule has 30 heavy (non-hydrogen) atoms. The molecular weight excluding hydrogens is 378 g/mol. The average molecular weight is 399 g/mol. The molecule has 0 radical (unpaired) electrons. The fraction of sp³-hybridized carbons (Fsp3) is 0.217. The zero-order valence-electron chi connectivity index (χ0n) is 16.4. The lowest BCUT2D eigenvalue weighted by Gasteiger charge is -2.36. The van der Waals surface area contributed by atoms with E-state index < -0.39 is 0 Å². The summed E-state index contributed by atoms with van der Waals surface area (Å²) in [5.41, 5.74) is 3.44. The summed E-state index contributed by atoms with van der Waals surface area (Å²) in [6, 6.07) is 15.7. The van der Waals surface area contributed by atoms with Crippen LogP contribution in [0.3, 0.4) is 0 Å². The minimum atomic E-state index is -0.343. The fourth-order valence-electron chi connectivity index (χ4n) is 4.28. The van der Waals surface area contributed by atoms with E-state index in [0.29, 0.717) is 5.39 Å². The Balaban J connectivity index is 1.35. The highest BCUT2D eigenvalue weighted by Crippen LogP contribution is 2.33. The van der Waals surface area contributed by atoms with Gasteiger partial charge in [-0.05, 0) is 23.8 Å². The van der Waals surface area contributed by atoms with Crippen LogP contribution in [0, 0.1) is 10.1 Å². The number of fused-ring (bicyclic) bond motifs is 2. The monoisotopic (exact) mass is 399 g/mol. The van der Waals surface area contributed by atoms with E-state index in [1.165, 1.54) is 10.9 Å². The van der Waals surface area contributed by atoms with Gasteiger partial charge in [-0.15, -0.1) is 0 Å². The first-order chi connectivity index (χ1) is 14.7. The molecule has 5 rings (SSSR count). The summed E-state index contributed by atoms with van der Waals surface area (Å²) in [5.74, 6) is 0. The highest BCUT2D eigenvalue weighted by molar-refractivity contribution is 5.99. The van der Waals surface area contributed by atoms with Crippen LogP contribution >= 0.6 is 0 Å². The van der Waals surface area contributed by atoms with Crippen molar-refractivity contribution in [3.05, 3.63) is 82.8 Å². The Labute approximate surface area is 173 Å². The lowest BCUT2D eigenvalue weighted by molar-refractivity contribution is -0.383. The second kappa shape index (κ2) is 7.68. The summed E-state index contributed by atoms with van der Waals surface area (Å²) in [4.78, 5) is 24.4. The smallest absolute Gasteiger partial charge is 0.278 e. The molecule has 0 bridgehead atoms. The van der Waals surface area contributed by atoms with Gasteiger partial charge in [-0.1, -0.05) is 24.3 Å². The molecule has 1 aliphatic heterocycles. The number of piperazine rings is 1. The van der Waals surface area contributed by atoms with E-state index >= 15 is 0 Å². The van der Waals surface area contributed by atoms with Crippen LogP contribution in [0.15, 0.2) is 67.1 Å². The molecule has 1 saturated heterocycles. The third-order valence-electron chi connectivity index (χ3n) is 5.79. The van der Waals surface area contributed by atoms with Gasteiger partial charge in [0.05, 0.1) is 15.8 Å². The maximum atomic E-state index is 11.4. The van der Waals surface area contributed by atoms with Gasteiger partial charge in [-0.25, -0.2) is 0 Å². The van der Waals surface area contributed by atoms with E-state index in [-0.39, 0.29) is 10.6 Å². The van der Waals surface area contributed by atoms with Crippen molar-refractivity contribution in [2.45, 2.75) is 6.54 Å². The topological polar surface area (TPSA) is 75.4 Å². The van der Waals surface area contributed by atoms with Crippen LogP contribution in [-0.4, -0.2) is 46.0 Å². The van der Waals surface area contributed by atoms with Crippen molar-refractivity contribution in [3.63, 3.8) is 0 Å². The number of rotatable bonds is 4. The normalized spacial score (nSPS) is 15.0. The molecule has 7 nitrogen and oxygen atoms in total. The van der Waals surface area contributed by atoms with E-state index in [1.54, 1.807) is 18.5 Å². The fourth-order valence-corrected chi connectivity index (χ4v) is 4.28. The van der Waals surface area contributed by atoms with E-state index in [1.807, 2.05) is 24.4 Å². The Morgan fingerprint density at radius 3 is 2.60 bits per heavy atom. The van der Waals surface area contributed by atoms with Crippen molar-refractivity contribution < 1.29 is 4.92 Å². The third kappa shape index (κ3) is 3.33. The van der Waals surface area contributed by atoms with Gasteiger partial charge < -0.3 is 4.90 Å². The van der Waals surface area contributed by atoms with Crippen LogP contribution in [-0.2, 0) is 6.54 Å². The summed E-state index contributed by atoms with van der Waals surface area (Å²) in [6.45, 7) is 4.45. The van der Waals surface area contributed by atoms with Gasteiger partial charge in [0.15, 0.2) is 0 Å². The molecule has 2 aromatic heterocycles. The first-order valence-corrected chi connectivity index (χ1v) is 10.0. The summed E-state index contributed by atoms with van der Waals surface area (Å²) < 4.78 is 0. The number of non-ortho nitro benzene ring substituents is 1. The molecule has 0 saturated carbocycles. The lowest BCUT2D eigenvalue weighted by Crippen LogP contribution is -2.46. The van der Waals surface area contributed by atoms with Crippen molar-refractivity contribution in [2.24, 2.45) is 0 Å². The lowest BCUT2D eigenvalue weighted by atomic mass is 10.1. The van der Waals surface area contributed by atoms with Crippen molar-refractivity contribution >= 4 is 33.1 Å². The van der Waals surface area contributed by atoms with Crippen molar-refractivity contribution in [1.82, 2.24) is 14.9 Å². The molecule has 0 spiro atoms. The van der Waals surface area contributed by atoms with Crippen LogP contribution in [0.25, 0.3) is 21.7 Å². The molecule has 1 fully saturated rings. The molecule has 0 aliphatic carbocycles. The van der Waals surface area contributed by atoms with E-state index in [0.717, 1.165) is 49.3 Å². The Morgan fingerprint density at radius 1 is 0.933 bits per heavy atom. The van der Waals surface area contributed by atoms with Gasteiger partial charge in [0, 0.05) is 73.8 Å². The van der Waals surface area contributed by atoms with Crippen LogP contribution in [0.4, 0.5) is 11.4 Å². The number of nitro groups is 1. The molecule has 0 unspecified atom stereocenters. The molecule has 150 valence electrons. The minimum Gasteiger partial charge on any atom is -0.368 e.